The summed E-state index contributed by atoms with van der Waals surface area (Å²) in [5, 5.41) is 2.94. The van der Waals surface area contributed by atoms with Crippen molar-refractivity contribution in [1.82, 2.24) is 15.2 Å². The summed E-state index contributed by atoms with van der Waals surface area (Å²) in [5.41, 5.74) is 0.227. The van der Waals surface area contributed by atoms with E-state index >= 15 is 0 Å². The lowest BCUT2D eigenvalue weighted by Gasteiger charge is -2.33. The SMILES string of the molecule is O=C(NC[C@@H](c1ccco1)N1CCCCC1)c1ccc(=O)[nH]c1. The van der Waals surface area contributed by atoms with Crippen LogP contribution in [0.2, 0.25) is 0 Å². The fourth-order valence-electron chi connectivity index (χ4n) is 2.96. The van der Waals surface area contributed by atoms with Gasteiger partial charge in [0.05, 0.1) is 17.9 Å². The van der Waals surface area contributed by atoms with Crippen LogP contribution in [0, 0.1) is 0 Å². The maximum Gasteiger partial charge on any atom is 0.252 e. The number of nitrogens with zero attached hydrogens (tertiary/aromatic N) is 1. The molecule has 0 unspecified atom stereocenters. The van der Waals surface area contributed by atoms with Crippen molar-refractivity contribution in [3.63, 3.8) is 0 Å². The molecule has 2 aromatic heterocycles. The van der Waals surface area contributed by atoms with Gasteiger partial charge in [0, 0.05) is 18.8 Å². The fraction of sp³-hybridized carbons (Fsp3) is 0.412. The highest BCUT2D eigenvalue weighted by molar-refractivity contribution is 5.93. The summed E-state index contributed by atoms with van der Waals surface area (Å²) in [4.78, 5) is 28.2. The van der Waals surface area contributed by atoms with Crippen molar-refractivity contribution < 1.29 is 9.21 Å². The van der Waals surface area contributed by atoms with E-state index in [1.54, 1.807) is 6.26 Å². The summed E-state index contributed by atoms with van der Waals surface area (Å²) < 4.78 is 5.56. The summed E-state index contributed by atoms with van der Waals surface area (Å²) in [6.07, 6.45) is 6.69. The van der Waals surface area contributed by atoms with Gasteiger partial charge in [-0.3, -0.25) is 14.5 Å². The number of furan rings is 1. The third-order valence-electron chi connectivity index (χ3n) is 4.21. The number of carbonyl (C=O) groups is 1. The predicted molar refractivity (Wildman–Crippen MR) is 86.3 cm³/mol. The minimum Gasteiger partial charge on any atom is -0.468 e. The highest BCUT2D eigenvalue weighted by Crippen LogP contribution is 2.24. The van der Waals surface area contributed by atoms with Crippen molar-refractivity contribution in [3.05, 3.63) is 58.4 Å². The van der Waals surface area contributed by atoms with E-state index in [1.165, 1.54) is 37.6 Å². The standard InChI is InChI=1S/C17H21N3O3/c21-16-7-6-13(11-18-16)17(22)19-12-14(15-5-4-10-23-15)20-8-2-1-3-9-20/h4-7,10-11,14H,1-3,8-9,12H2,(H,18,21)(H,19,22)/t14-/m0/s1. The number of nitrogens with one attached hydrogen (secondary N) is 2. The van der Waals surface area contributed by atoms with E-state index in [0.717, 1.165) is 18.8 Å². The molecule has 1 fully saturated rings. The molecular formula is C17H21N3O3. The molecule has 1 amide bonds. The molecule has 3 heterocycles. The quantitative estimate of drug-likeness (QED) is 0.883. The molecule has 23 heavy (non-hydrogen) atoms. The van der Waals surface area contributed by atoms with Crippen molar-refractivity contribution in [2.45, 2.75) is 25.3 Å². The van der Waals surface area contributed by atoms with Gasteiger partial charge in [-0.2, -0.15) is 0 Å². The van der Waals surface area contributed by atoms with Gasteiger partial charge in [0.25, 0.3) is 5.91 Å². The van der Waals surface area contributed by atoms with E-state index in [2.05, 4.69) is 15.2 Å². The first-order valence-electron chi connectivity index (χ1n) is 7.98. The maximum absolute atomic E-state index is 12.2. The Hall–Kier alpha value is -2.34. The van der Waals surface area contributed by atoms with Crippen LogP contribution in [-0.2, 0) is 0 Å². The van der Waals surface area contributed by atoms with Gasteiger partial charge in [-0.05, 0) is 44.1 Å². The summed E-state index contributed by atoms with van der Waals surface area (Å²) >= 11 is 0. The first-order valence-corrected chi connectivity index (χ1v) is 7.98. The Bertz CT molecular complexity index is 667. The monoisotopic (exact) mass is 315 g/mol. The molecule has 6 heteroatoms. The van der Waals surface area contributed by atoms with Crippen LogP contribution in [0.1, 0.15) is 41.4 Å². The van der Waals surface area contributed by atoms with Crippen molar-refractivity contribution in [2.24, 2.45) is 0 Å². The van der Waals surface area contributed by atoms with Crippen molar-refractivity contribution in [1.29, 1.82) is 0 Å². The number of piperidine rings is 1. The zero-order valence-corrected chi connectivity index (χ0v) is 13.0. The van der Waals surface area contributed by atoms with Crippen LogP contribution in [0.3, 0.4) is 0 Å². The normalized spacial score (nSPS) is 16.9. The second-order valence-electron chi connectivity index (χ2n) is 5.78. The number of H-pyrrole nitrogens is 1. The van der Waals surface area contributed by atoms with E-state index < -0.39 is 0 Å². The van der Waals surface area contributed by atoms with Gasteiger partial charge in [0.1, 0.15) is 5.76 Å². The Labute approximate surface area is 134 Å². The van der Waals surface area contributed by atoms with Crippen molar-refractivity contribution >= 4 is 5.91 Å². The van der Waals surface area contributed by atoms with E-state index in [9.17, 15) is 9.59 Å². The number of hydrogen-bond donors (Lipinski definition) is 2. The Morgan fingerprint density at radius 1 is 1.26 bits per heavy atom. The number of amides is 1. The van der Waals surface area contributed by atoms with Gasteiger partial charge in [0.2, 0.25) is 5.56 Å². The summed E-state index contributed by atoms with van der Waals surface area (Å²) in [7, 11) is 0. The van der Waals surface area contributed by atoms with Gasteiger partial charge in [-0.15, -0.1) is 0 Å². The van der Waals surface area contributed by atoms with Crippen LogP contribution in [0.4, 0.5) is 0 Å². The second kappa shape index (κ2) is 7.28. The zero-order chi connectivity index (χ0) is 16.1. The first kappa shape index (κ1) is 15.6. The zero-order valence-electron chi connectivity index (χ0n) is 13.0. The van der Waals surface area contributed by atoms with Crippen LogP contribution < -0.4 is 10.9 Å². The highest BCUT2D eigenvalue weighted by Gasteiger charge is 2.25. The molecule has 0 spiro atoms. The molecule has 2 N–H and O–H groups in total. The Morgan fingerprint density at radius 2 is 2.09 bits per heavy atom. The summed E-state index contributed by atoms with van der Waals surface area (Å²) in [6.45, 7) is 2.51. The van der Waals surface area contributed by atoms with Crippen molar-refractivity contribution in [2.75, 3.05) is 19.6 Å². The van der Waals surface area contributed by atoms with E-state index in [4.69, 9.17) is 4.42 Å². The minimum atomic E-state index is -0.219. The number of aromatic amines is 1. The molecule has 122 valence electrons. The smallest absolute Gasteiger partial charge is 0.252 e. The lowest BCUT2D eigenvalue weighted by atomic mass is 10.1. The number of pyridine rings is 1. The number of carbonyl (C=O) groups excluding carboxylic acids is 1. The lowest BCUT2D eigenvalue weighted by Crippen LogP contribution is -2.40. The topological polar surface area (TPSA) is 78.3 Å². The molecule has 0 saturated carbocycles. The molecule has 0 aliphatic carbocycles. The molecule has 0 bridgehead atoms. The molecule has 6 nitrogen and oxygen atoms in total. The Kier molecular flexibility index (Phi) is 4.92. The third kappa shape index (κ3) is 3.90. The highest BCUT2D eigenvalue weighted by atomic mass is 16.3. The molecule has 1 aliphatic rings. The summed E-state index contributed by atoms with van der Waals surface area (Å²) in [6, 6.07) is 6.74. The molecule has 1 saturated heterocycles. The van der Waals surface area contributed by atoms with Crippen molar-refractivity contribution in [3.8, 4) is 0 Å². The number of hydrogen-bond acceptors (Lipinski definition) is 4. The Balaban J connectivity index is 1.67. The van der Waals surface area contributed by atoms with Gasteiger partial charge in [0.15, 0.2) is 0 Å². The third-order valence-corrected chi connectivity index (χ3v) is 4.21. The molecule has 1 atom stereocenters. The molecular weight excluding hydrogens is 294 g/mol. The number of likely N-dealkylation sites (tertiary alicyclic amines) is 1. The van der Waals surface area contributed by atoms with Crippen LogP contribution in [0.15, 0.2) is 45.9 Å². The van der Waals surface area contributed by atoms with Gasteiger partial charge in [-0.25, -0.2) is 0 Å². The molecule has 0 aromatic carbocycles. The first-order chi connectivity index (χ1) is 11.2. The molecule has 3 rings (SSSR count). The summed E-state index contributed by atoms with van der Waals surface area (Å²) in [5.74, 6) is 0.670. The van der Waals surface area contributed by atoms with E-state index in [0.29, 0.717) is 12.1 Å². The largest absolute Gasteiger partial charge is 0.468 e. The molecule has 0 radical (unpaired) electrons. The van der Waals surface area contributed by atoms with E-state index in [1.807, 2.05) is 12.1 Å². The molecule has 1 aliphatic heterocycles. The van der Waals surface area contributed by atoms with Gasteiger partial charge in [-0.1, -0.05) is 6.42 Å². The predicted octanol–water partition coefficient (Wildman–Crippen LogP) is 1.92. The van der Waals surface area contributed by atoms with Crippen LogP contribution in [-0.4, -0.2) is 35.4 Å². The average Bonchev–Trinajstić information content (AvgIpc) is 3.11. The average molecular weight is 315 g/mol. The minimum absolute atomic E-state index is 0.0389. The van der Waals surface area contributed by atoms with Crippen LogP contribution >= 0.6 is 0 Å². The molecule has 2 aromatic rings. The maximum atomic E-state index is 12.2. The van der Waals surface area contributed by atoms with Gasteiger partial charge < -0.3 is 14.7 Å². The van der Waals surface area contributed by atoms with E-state index in [-0.39, 0.29) is 17.5 Å². The van der Waals surface area contributed by atoms with Gasteiger partial charge >= 0.3 is 0 Å². The Morgan fingerprint density at radius 3 is 2.74 bits per heavy atom. The fourth-order valence-corrected chi connectivity index (χ4v) is 2.96. The number of rotatable bonds is 5. The number of aromatic nitrogens is 1. The van der Waals surface area contributed by atoms with Crippen LogP contribution in [0.25, 0.3) is 0 Å². The van der Waals surface area contributed by atoms with Crippen LogP contribution in [0.5, 0.6) is 0 Å². The lowest BCUT2D eigenvalue weighted by molar-refractivity contribution is 0.0913. The second-order valence-corrected chi connectivity index (χ2v) is 5.78.